The van der Waals surface area contributed by atoms with E-state index in [-0.39, 0.29) is 5.91 Å². The predicted molar refractivity (Wildman–Crippen MR) is 138 cm³/mol. The van der Waals surface area contributed by atoms with Gasteiger partial charge in [0.2, 0.25) is 5.91 Å². The molecule has 1 atom stereocenters. The number of H-pyrrole nitrogens is 1. The molecule has 0 unspecified atom stereocenters. The summed E-state index contributed by atoms with van der Waals surface area (Å²) in [5, 5.41) is 1.87. The molecule has 1 amide bonds. The van der Waals surface area contributed by atoms with Gasteiger partial charge < -0.3 is 24.3 Å². The van der Waals surface area contributed by atoms with Crippen LogP contribution in [0.1, 0.15) is 12.0 Å². The predicted octanol–water partition coefficient (Wildman–Crippen LogP) is 3.64. The van der Waals surface area contributed by atoms with Gasteiger partial charge in [-0.15, -0.1) is 0 Å². The lowest BCUT2D eigenvalue weighted by molar-refractivity contribution is -0.157. The third-order valence-electron chi connectivity index (χ3n) is 7.00. The Kier molecular flexibility index (Phi) is 7.29. The van der Waals surface area contributed by atoms with E-state index in [0.717, 1.165) is 50.5 Å². The minimum absolute atomic E-state index is 0.132. The van der Waals surface area contributed by atoms with E-state index in [4.69, 9.17) is 21.1 Å². The van der Waals surface area contributed by atoms with Gasteiger partial charge in [-0.25, -0.2) is 0 Å². The standard InChI is InChI=1S/C27H33ClN4O3/c1-30-10-12-32(13-11-30)26(33)17-27(20-34-24-6-4-23(28)5-7-24)19-31(14-15-35-27)18-21-2-3-22-8-9-29-25(22)16-21/h2-9,16,29H,10-15,17-20H2,1H3/t27-/m1/s1. The molecule has 186 valence electrons. The molecule has 2 aliphatic heterocycles. The van der Waals surface area contributed by atoms with Gasteiger partial charge in [0.25, 0.3) is 0 Å². The van der Waals surface area contributed by atoms with Crippen molar-refractivity contribution < 1.29 is 14.3 Å². The third-order valence-corrected chi connectivity index (χ3v) is 7.25. The quantitative estimate of drug-likeness (QED) is 0.541. The Bertz CT molecular complexity index is 1140. The normalized spacial score (nSPS) is 21.9. The molecule has 0 spiro atoms. The van der Waals surface area contributed by atoms with E-state index in [1.54, 1.807) is 0 Å². The van der Waals surface area contributed by atoms with Gasteiger partial charge in [0, 0.05) is 62.5 Å². The highest BCUT2D eigenvalue weighted by molar-refractivity contribution is 6.30. The highest BCUT2D eigenvalue weighted by Gasteiger charge is 2.41. The topological polar surface area (TPSA) is 61.0 Å². The van der Waals surface area contributed by atoms with Crippen molar-refractivity contribution in [2.24, 2.45) is 0 Å². The van der Waals surface area contributed by atoms with E-state index < -0.39 is 5.60 Å². The van der Waals surface area contributed by atoms with Crippen molar-refractivity contribution in [1.82, 2.24) is 19.7 Å². The van der Waals surface area contributed by atoms with Gasteiger partial charge in [-0.3, -0.25) is 9.69 Å². The van der Waals surface area contributed by atoms with E-state index in [0.29, 0.717) is 31.2 Å². The van der Waals surface area contributed by atoms with Gasteiger partial charge >= 0.3 is 0 Å². The summed E-state index contributed by atoms with van der Waals surface area (Å²) in [5.74, 6) is 0.853. The summed E-state index contributed by atoms with van der Waals surface area (Å²) in [6.07, 6.45) is 2.27. The Labute approximate surface area is 211 Å². The first-order chi connectivity index (χ1) is 17.0. The summed E-state index contributed by atoms with van der Waals surface area (Å²) in [4.78, 5) is 23.2. The molecule has 2 aliphatic rings. The first kappa shape index (κ1) is 24.1. The number of aromatic nitrogens is 1. The van der Waals surface area contributed by atoms with Crippen LogP contribution in [0.25, 0.3) is 10.9 Å². The van der Waals surface area contributed by atoms with Crippen LogP contribution in [0.5, 0.6) is 5.75 Å². The van der Waals surface area contributed by atoms with E-state index in [1.165, 1.54) is 10.9 Å². The molecule has 1 N–H and O–H groups in total. The SMILES string of the molecule is CN1CCN(C(=O)C[C@]2(COc3ccc(Cl)cc3)CN(Cc3ccc4cc[nH]c4c3)CCO2)CC1. The molecule has 2 fully saturated rings. The van der Waals surface area contributed by atoms with E-state index in [1.807, 2.05) is 35.4 Å². The second-order valence-corrected chi connectivity index (χ2v) is 10.2. The summed E-state index contributed by atoms with van der Waals surface area (Å²) < 4.78 is 12.5. The van der Waals surface area contributed by atoms with Crippen molar-refractivity contribution in [3.05, 3.63) is 65.3 Å². The number of rotatable bonds is 7. The summed E-state index contributed by atoms with van der Waals surface area (Å²) in [5.41, 5.74) is 1.66. The van der Waals surface area contributed by atoms with Gasteiger partial charge in [0.15, 0.2) is 0 Å². The van der Waals surface area contributed by atoms with Crippen LogP contribution in [0, 0.1) is 0 Å². The van der Waals surface area contributed by atoms with Crippen LogP contribution in [-0.2, 0) is 16.1 Å². The lowest BCUT2D eigenvalue weighted by atomic mass is 9.96. The van der Waals surface area contributed by atoms with Crippen LogP contribution in [0.3, 0.4) is 0 Å². The second kappa shape index (κ2) is 10.6. The number of hydrogen-bond acceptors (Lipinski definition) is 5. The van der Waals surface area contributed by atoms with Crippen molar-refractivity contribution >= 4 is 28.4 Å². The molecular weight excluding hydrogens is 464 g/mol. The van der Waals surface area contributed by atoms with E-state index in [2.05, 4.69) is 46.1 Å². The van der Waals surface area contributed by atoms with Crippen molar-refractivity contribution in [3.8, 4) is 5.75 Å². The number of hydrogen-bond donors (Lipinski definition) is 1. The maximum Gasteiger partial charge on any atom is 0.225 e. The number of ether oxygens (including phenoxy) is 2. The fourth-order valence-corrected chi connectivity index (χ4v) is 5.07. The van der Waals surface area contributed by atoms with Crippen molar-refractivity contribution in [2.45, 2.75) is 18.6 Å². The highest BCUT2D eigenvalue weighted by Crippen LogP contribution is 2.27. The molecule has 3 aromatic rings. The Morgan fingerprint density at radius 3 is 2.69 bits per heavy atom. The van der Waals surface area contributed by atoms with Gasteiger partial charge in [-0.1, -0.05) is 23.7 Å². The molecule has 0 aliphatic carbocycles. The largest absolute Gasteiger partial charge is 0.491 e. The molecule has 0 bridgehead atoms. The van der Waals surface area contributed by atoms with E-state index in [9.17, 15) is 4.79 Å². The molecule has 35 heavy (non-hydrogen) atoms. The lowest BCUT2D eigenvalue weighted by Gasteiger charge is -2.43. The number of likely N-dealkylation sites (N-methyl/N-ethyl adjacent to an activating group) is 1. The number of carbonyl (C=O) groups is 1. The van der Waals surface area contributed by atoms with Crippen LogP contribution in [-0.4, -0.2) is 90.7 Å². The minimum atomic E-state index is -0.713. The Balaban J connectivity index is 1.31. The Morgan fingerprint density at radius 1 is 1.09 bits per heavy atom. The Morgan fingerprint density at radius 2 is 1.89 bits per heavy atom. The van der Waals surface area contributed by atoms with E-state index >= 15 is 0 Å². The van der Waals surface area contributed by atoms with Crippen LogP contribution >= 0.6 is 11.6 Å². The fourth-order valence-electron chi connectivity index (χ4n) is 4.94. The van der Waals surface area contributed by atoms with Crippen molar-refractivity contribution in [3.63, 3.8) is 0 Å². The number of benzene rings is 2. The van der Waals surface area contributed by atoms with Crippen molar-refractivity contribution in [2.75, 3.05) is 59.5 Å². The number of carbonyl (C=O) groups excluding carboxylic acids is 1. The fraction of sp³-hybridized carbons (Fsp3) is 0.444. The summed E-state index contributed by atoms with van der Waals surface area (Å²) in [6, 6.07) is 15.9. The monoisotopic (exact) mass is 496 g/mol. The first-order valence-electron chi connectivity index (χ1n) is 12.3. The van der Waals surface area contributed by atoms with Crippen LogP contribution in [0.2, 0.25) is 5.02 Å². The number of halogens is 1. The molecule has 5 rings (SSSR count). The molecule has 3 heterocycles. The van der Waals surface area contributed by atoms with Crippen molar-refractivity contribution in [1.29, 1.82) is 0 Å². The minimum Gasteiger partial charge on any atom is -0.491 e. The molecule has 1 aromatic heterocycles. The lowest BCUT2D eigenvalue weighted by Crippen LogP contribution is -2.58. The number of aromatic amines is 1. The highest BCUT2D eigenvalue weighted by atomic mass is 35.5. The molecule has 8 heteroatoms. The zero-order valence-corrected chi connectivity index (χ0v) is 21.0. The Hall–Kier alpha value is -2.58. The van der Waals surface area contributed by atoms with Gasteiger partial charge in [-0.2, -0.15) is 0 Å². The number of morpholine rings is 1. The zero-order valence-electron chi connectivity index (χ0n) is 20.2. The summed E-state index contributed by atoms with van der Waals surface area (Å²) in [7, 11) is 2.09. The smallest absolute Gasteiger partial charge is 0.225 e. The molecule has 7 nitrogen and oxygen atoms in total. The van der Waals surface area contributed by atoms with Gasteiger partial charge in [-0.05, 0) is 54.4 Å². The number of amides is 1. The summed E-state index contributed by atoms with van der Waals surface area (Å²) in [6.45, 7) is 6.40. The summed E-state index contributed by atoms with van der Waals surface area (Å²) >= 11 is 6.04. The number of piperazine rings is 1. The molecule has 0 saturated carbocycles. The molecule has 0 radical (unpaired) electrons. The maximum atomic E-state index is 13.3. The van der Waals surface area contributed by atoms with Crippen LogP contribution < -0.4 is 4.74 Å². The first-order valence-corrected chi connectivity index (χ1v) is 12.6. The van der Waals surface area contributed by atoms with Crippen LogP contribution in [0.15, 0.2) is 54.7 Å². The number of nitrogens with one attached hydrogen (secondary N) is 1. The second-order valence-electron chi connectivity index (χ2n) is 9.74. The van der Waals surface area contributed by atoms with Crippen LogP contribution in [0.4, 0.5) is 0 Å². The number of nitrogens with zero attached hydrogens (tertiary/aromatic N) is 3. The third kappa shape index (κ3) is 5.98. The molecule has 2 saturated heterocycles. The zero-order chi connectivity index (χ0) is 24.3. The van der Waals surface area contributed by atoms with Gasteiger partial charge in [0.1, 0.15) is 18.0 Å². The average Bonchev–Trinajstić information content (AvgIpc) is 3.32. The van der Waals surface area contributed by atoms with Gasteiger partial charge in [0.05, 0.1) is 13.0 Å². The average molecular weight is 497 g/mol. The molecular formula is C27H33ClN4O3. The molecule has 2 aromatic carbocycles. The maximum absolute atomic E-state index is 13.3. The number of fused-ring (bicyclic) bond motifs is 1.